The second kappa shape index (κ2) is 7.25. The lowest BCUT2D eigenvalue weighted by atomic mass is 9.97. The summed E-state index contributed by atoms with van der Waals surface area (Å²) in [5.41, 5.74) is 1.18. The number of rotatable bonds is 6. The van der Waals surface area contributed by atoms with Gasteiger partial charge in [0.05, 0.1) is 6.61 Å². The molecule has 2 heterocycles. The molecule has 2 N–H and O–H groups in total. The van der Waals surface area contributed by atoms with E-state index in [1.807, 2.05) is 18.2 Å². The van der Waals surface area contributed by atoms with Gasteiger partial charge in [-0.25, -0.2) is 0 Å². The Morgan fingerprint density at radius 2 is 2.14 bits per heavy atom. The fourth-order valence-corrected chi connectivity index (χ4v) is 3.61. The SMILES string of the molecule is OCCOc1ccccc1CNC1CCN2CCCC2C1. The number of para-hydroxylation sites is 1. The molecule has 4 nitrogen and oxygen atoms in total. The minimum Gasteiger partial charge on any atom is -0.491 e. The van der Waals surface area contributed by atoms with Crippen molar-refractivity contribution in [3.8, 4) is 5.75 Å². The molecule has 2 aliphatic rings. The Morgan fingerprint density at radius 3 is 3.05 bits per heavy atom. The van der Waals surface area contributed by atoms with Crippen LogP contribution in [0.4, 0.5) is 0 Å². The van der Waals surface area contributed by atoms with Crippen molar-refractivity contribution >= 4 is 0 Å². The van der Waals surface area contributed by atoms with E-state index in [0.29, 0.717) is 12.6 Å². The van der Waals surface area contributed by atoms with Gasteiger partial charge in [0.2, 0.25) is 0 Å². The van der Waals surface area contributed by atoms with Crippen molar-refractivity contribution < 1.29 is 9.84 Å². The highest BCUT2D eigenvalue weighted by Crippen LogP contribution is 2.27. The first-order valence-electron chi connectivity index (χ1n) is 8.16. The van der Waals surface area contributed by atoms with E-state index in [-0.39, 0.29) is 6.61 Å². The summed E-state index contributed by atoms with van der Waals surface area (Å²) in [6, 6.07) is 9.53. The fourth-order valence-electron chi connectivity index (χ4n) is 3.61. The molecular weight excluding hydrogens is 264 g/mol. The van der Waals surface area contributed by atoms with Gasteiger partial charge in [-0.3, -0.25) is 0 Å². The van der Waals surface area contributed by atoms with Crippen molar-refractivity contribution in [2.45, 2.75) is 44.3 Å². The van der Waals surface area contributed by atoms with Gasteiger partial charge in [0.1, 0.15) is 12.4 Å². The van der Waals surface area contributed by atoms with Crippen LogP contribution in [0.25, 0.3) is 0 Å². The predicted molar refractivity (Wildman–Crippen MR) is 83.5 cm³/mol. The molecule has 0 aliphatic carbocycles. The maximum Gasteiger partial charge on any atom is 0.123 e. The summed E-state index contributed by atoms with van der Waals surface area (Å²) in [5, 5.41) is 12.6. The summed E-state index contributed by atoms with van der Waals surface area (Å²) in [6.45, 7) is 3.80. The Balaban J connectivity index is 1.53. The summed E-state index contributed by atoms with van der Waals surface area (Å²) >= 11 is 0. The van der Waals surface area contributed by atoms with Crippen LogP contribution >= 0.6 is 0 Å². The van der Waals surface area contributed by atoms with Crippen molar-refractivity contribution in [1.29, 1.82) is 0 Å². The van der Waals surface area contributed by atoms with E-state index in [4.69, 9.17) is 9.84 Å². The molecule has 2 atom stereocenters. The van der Waals surface area contributed by atoms with Crippen molar-refractivity contribution in [2.75, 3.05) is 26.3 Å². The van der Waals surface area contributed by atoms with Gasteiger partial charge in [-0.1, -0.05) is 18.2 Å². The normalized spacial score (nSPS) is 25.8. The fraction of sp³-hybridized carbons (Fsp3) is 0.647. The molecule has 1 aromatic carbocycles. The number of fused-ring (bicyclic) bond motifs is 1. The van der Waals surface area contributed by atoms with Crippen molar-refractivity contribution in [2.24, 2.45) is 0 Å². The zero-order valence-corrected chi connectivity index (χ0v) is 12.6. The topological polar surface area (TPSA) is 44.7 Å². The van der Waals surface area contributed by atoms with Crippen LogP contribution in [-0.4, -0.2) is 48.4 Å². The third-order valence-electron chi connectivity index (χ3n) is 4.72. The highest BCUT2D eigenvalue weighted by atomic mass is 16.5. The van der Waals surface area contributed by atoms with E-state index in [9.17, 15) is 0 Å². The number of hydrogen-bond donors (Lipinski definition) is 2. The van der Waals surface area contributed by atoms with Crippen LogP contribution in [0.5, 0.6) is 5.75 Å². The average molecular weight is 290 g/mol. The van der Waals surface area contributed by atoms with Gasteiger partial charge in [-0.05, 0) is 44.8 Å². The lowest BCUT2D eigenvalue weighted by Crippen LogP contribution is -2.45. The summed E-state index contributed by atoms with van der Waals surface area (Å²) in [7, 11) is 0. The maximum atomic E-state index is 8.89. The van der Waals surface area contributed by atoms with E-state index >= 15 is 0 Å². The molecular formula is C17H26N2O2. The quantitative estimate of drug-likeness (QED) is 0.838. The molecule has 4 heteroatoms. The average Bonchev–Trinajstić information content (AvgIpc) is 2.99. The van der Waals surface area contributed by atoms with E-state index < -0.39 is 0 Å². The Kier molecular flexibility index (Phi) is 5.12. The minimum absolute atomic E-state index is 0.0574. The first kappa shape index (κ1) is 14.8. The number of nitrogens with zero attached hydrogens (tertiary/aromatic N) is 1. The molecule has 2 saturated heterocycles. The van der Waals surface area contributed by atoms with Gasteiger partial charge in [0.25, 0.3) is 0 Å². The molecule has 3 rings (SSSR count). The van der Waals surface area contributed by atoms with Crippen LogP contribution < -0.4 is 10.1 Å². The largest absolute Gasteiger partial charge is 0.491 e. The van der Waals surface area contributed by atoms with Gasteiger partial charge >= 0.3 is 0 Å². The van der Waals surface area contributed by atoms with E-state index in [1.54, 1.807) is 0 Å². The minimum atomic E-state index is 0.0574. The van der Waals surface area contributed by atoms with Crippen LogP contribution in [0.2, 0.25) is 0 Å². The highest BCUT2D eigenvalue weighted by molar-refractivity contribution is 5.33. The van der Waals surface area contributed by atoms with Gasteiger partial charge in [-0.15, -0.1) is 0 Å². The number of aliphatic hydroxyl groups is 1. The van der Waals surface area contributed by atoms with Crippen molar-refractivity contribution in [1.82, 2.24) is 10.2 Å². The van der Waals surface area contributed by atoms with E-state index in [2.05, 4.69) is 16.3 Å². The summed E-state index contributed by atoms with van der Waals surface area (Å²) < 4.78 is 5.60. The van der Waals surface area contributed by atoms with Gasteiger partial charge in [0, 0.05) is 24.2 Å². The Labute approximate surface area is 127 Å². The lowest BCUT2D eigenvalue weighted by Gasteiger charge is -2.35. The summed E-state index contributed by atoms with van der Waals surface area (Å²) in [6.07, 6.45) is 5.26. The number of nitrogens with one attached hydrogen (secondary N) is 1. The molecule has 0 spiro atoms. The Hall–Kier alpha value is -1.10. The van der Waals surface area contributed by atoms with Crippen LogP contribution in [0, 0.1) is 0 Å². The molecule has 0 bridgehead atoms. The smallest absolute Gasteiger partial charge is 0.123 e. The summed E-state index contributed by atoms with van der Waals surface area (Å²) in [4.78, 5) is 2.65. The third kappa shape index (κ3) is 3.76. The monoisotopic (exact) mass is 290 g/mol. The van der Waals surface area contributed by atoms with E-state index in [1.165, 1.54) is 44.3 Å². The first-order valence-corrected chi connectivity index (χ1v) is 8.16. The molecule has 0 saturated carbocycles. The van der Waals surface area contributed by atoms with Crippen LogP contribution in [0.15, 0.2) is 24.3 Å². The molecule has 2 fully saturated rings. The molecule has 21 heavy (non-hydrogen) atoms. The molecule has 116 valence electrons. The predicted octanol–water partition coefficient (Wildman–Crippen LogP) is 1.77. The number of aliphatic hydroxyl groups excluding tert-OH is 1. The number of hydrogen-bond acceptors (Lipinski definition) is 4. The third-order valence-corrected chi connectivity index (χ3v) is 4.72. The van der Waals surface area contributed by atoms with Gasteiger partial charge in [-0.2, -0.15) is 0 Å². The van der Waals surface area contributed by atoms with Crippen molar-refractivity contribution in [3.05, 3.63) is 29.8 Å². The number of ether oxygens (including phenoxy) is 1. The molecule has 1 aromatic rings. The zero-order chi connectivity index (χ0) is 14.5. The molecule has 2 aliphatic heterocycles. The first-order chi connectivity index (χ1) is 10.4. The lowest BCUT2D eigenvalue weighted by molar-refractivity contribution is 0.166. The van der Waals surface area contributed by atoms with E-state index in [0.717, 1.165) is 18.3 Å². The zero-order valence-electron chi connectivity index (χ0n) is 12.6. The molecule has 0 aromatic heterocycles. The number of benzene rings is 1. The maximum absolute atomic E-state index is 8.89. The molecule has 2 unspecified atom stereocenters. The molecule has 0 radical (unpaired) electrons. The van der Waals surface area contributed by atoms with Crippen LogP contribution in [0.1, 0.15) is 31.2 Å². The summed E-state index contributed by atoms with van der Waals surface area (Å²) in [5.74, 6) is 0.886. The number of piperidine rings is 1. The van der Waals surface area contributed by atoms with Crippen molar-refractivity contribution in [3.63, 3.8) is 0 Å². The second-order valence-electron chi connectivity index (χ2n) is 6.11. The Bertz CT molecular complexity index is 452. The molecule has 0 amide bonds. The standard InChI is InChI=1S/C17H26N2O2/c20-10-11-21-17-6-2-1-4-14(17)13-18-15-7-9-19-8-3-5-16(19)12-15/h1-2,4,6,15-16,18,20H,3,5,7-13H2. The van der Waals surface area contributed by atoms with Crippen LogP contribution in [0.3, 0.4) is 0 Å². The van der Waals surface area contributed by atoms with Gasteiger partial charge < -0.3 is 20.1 Å². The highest BCUT2D eigenvalue weighted by Gasteiger charge is 2.31. The van der Waals surface area contributed by atoms with Crippen LogP contribution in [-0.2, 0) is 6.54 Å². The second-order valence-corrected chi connectivity index (χ2v) is 6.11. The van der Waals surface area contributed by atoms with Gasteiger partial charge in [0.15, 0.2) is 0 Å². The Morgan fingerprint density at radius 1 is 1.24 bits per heavy atom.